The molecule has 17 heavy (non-hydrogen) atoms. The second-order valence-corrected chi connectivity index (χ2v) is 3.99. The van der Waals surface area contributed by atoms with Crippen LogP contribution in [0.4, 0.5) is 4.79 Å². The molecule has 5 nitrogen and oxygen atoms in total. The van der Waals surface area contributed by atoms with Crippen molar-refractivity contribution in [3.05, 3.63) is 33.8 Å². The number of carbonyl (C=O) groups is 2. The second-order valence-electron chi connectivity index (χ2n) is 3.18. The Morgan fingerprint density at radius 1 is 1.18 bits per heavy atom. The van der Waals surface area contributed by atoms with Gasteiger partial charge in [0.2, 0.25) is 0 Å². The van der Waals surface area contributed by atoms with E-state index in [0.29, 0.717) is 10.0 Å². The molecule has 0 saturated heterocycles. The molecule has 7 heteroatoms. The lowest BCUT2D eigenvalue weighted by Gasteiger charge is -2.06. The van der Waals surface area contributed by atoms with Gasteiger partial charge in [0.05, 0.1) is 10.0 Å². The van der Waals surface area contributed by atoms with Gasteiger partial charge in [-0.05, 0) is 17.7 Å². The number of benzene rings is 1. The summed E-state index contributed by atoms with van der Waals surface area (Å²) in [5, 5.41) is 13.8. The number of halogens is 2. The molecular formula is C10H10Cl2N2O3. The third-order valence-electron chi connectivity index (χ3n) is 1.84. The molecule has 0 aliphatic rings. The average molecular weight is 277 g/mol. The predicted molar refractivity (Wildman–Crippen MR) is 64.3 cm³/mol. The summed E-state index contributed by atoms with van der Waals surface area (Å²) in [6.45, 7) is -0.185. The number of carboxylic acid groups (broad SMARTS) is 1. The summed E-state index contributed by atoms with van der Waals surface area (Å²) in [6.07, 6.45) is 0. The number of amides is 2. The van der Waals surface area contributed by atoms with Crippen molar-refractivity contribution in [2.45, 2.75) is 6.54 Å². The van der Waals surface area contributed by atoms with Crippen LogP contribution in [0.2, 0.25) is 10.0 Å². The number of carbonyl (C=O) groups excluding carboxylic acids is 1. The lowest BCUT2D eigenvalue weighted by Crippen LogP contribution is -2.37. The first-order valence-corrected chi connectivity index (χ1v) is 5.42. The van der Waals surface area contributed by atoms with Gasteiger partial charge in [0.15, 0.2) is 0 Å². The van der Waals surface area contributed by atoms with Gasteiger partial charge in [0, 0.05) is 6.54 Å². The van der Waals surface area contributed by atoms with Crippen LogP contribution in [0.15, 0.2) is 18.2 Å². The predicted octanol–water partition coefficient (Wildman–Crippen LogP) is 1.88. The summed E-state index contributed by atoms with van der Waals surface area (Å²) in [6, 6.07) is 4.40. The van der Waals surface area contributed by atoms with Crippen LogP contribution in [-0.2, 0) is 11.3 Å². The minimum Gasteiger partial charge on any atom is -0.480 e. The maximum atomic E-state index is 11.1. The summed E-state index contributed by atoms with van der Waals surface area (Å²) >= 11 is 11.5. The van der Waals surface area contributed by atoms with Gasteiger partial charge in [-0.2, -0.15) is 0 Å². The van der Waals surface area contributed by atoms with Crippen LogP contribution in [0.25, 0.3) is 0 Å². The number of hydrogen-bond donors (Lipinski definition) is 3. The van der Waals surface area contributed by atoms with Crippen molar-refractivity contribution in [1.29, 1.82) is 0 Å². The summed E-state index contributed by atoms with van der Waals surface area (Å²) in [7, 11) is 0. The number of hydrogen-bond acceptors (Lipinski definition) is 2. The van der Waals surface area contributed by atoms with Gasteiger partial charge in [-0.25, -0.2) is 4.79 Å². The fourth-order valence-electron chi connectivity index (χ4n) is 1.05. The number of rotatable bonds is 4. The lowest BCUT2D eigenvalue weighted by atomic mass is 10.2. The van der Waals surface area contributed by atoms with E-state index in [4.69, 9.17) is 28.3 Å². The molecule has 0 spiro atoms. The van der Waals surface area contributed by atoms with E-state index in [2.05, 4.69) is 10.6 Å². The van der Waals surface area contributed by atoms with E-state index < -0.39 is 18.5 Å². The summed E-state index contributed by atoms with van der Waals surface area (Å²) in [5.74, 6) is -1.10. The summed E-state index contributed by atoms with van der Waals surface area (Å²) in [5.41, 5.74) is 0.768. The molecule has 1 aromatic rings. The molecule has 0 bridgehead atoms. The topological polar surface area (TPSA) is 78.4 Å². The smallest absolute Gasteiger partial charge is 0.323 e. The van der Waals surface area contributed by atoms with Gasteiger partial charge < -0.3 is 15.7 Å². The molecule has 0 aliphatic heterocycles. The standard InChI is InChI=1S/C10H10Cl2N2O3/c11-7-2-1-6(3-8(7)12)4-13-10(17)14-5-9(15)16/h1-3H,4-5H2,(H,15,16)(H2,13,14,17). The first-order valence-electron chi connectivity index (χ1n) is 4.66. The van der Waals surface area contributed by atoms with E-state index in [1.54, 1.807) is 18.2 Å². The zero-order valence-electron chi connectivity index (χ0n) is 8.67. The van der Waals surface area contributed by atoms with Crippen molar-refractivity contribution in [3.8, 4) is 0 Å². The molecule has 0 heterocycles. The Morgan fingerprint density at radius 2 is 1.88 bits per heavy atom. The maximum Gasteiger partial charge on any atom is 0.323 e. The fraction of sp³-hybridized carbons (Fsp3) is 0.200. The third-order valence-corrected chi connectivity index (χ3v) is 2.58. The first kappa shape index (κ1) is 13.6. The monoisotopic (exact) mass is 276 g/mol. The van der Waals surface area contributed by atoms with Gasteiger partial charge in [-0.1, -0.05) is 29.3 Å². The van der Waals surface area contributed by atoms with E-state index in [1.807, 2.05) is 0 Å². The van der Waals surface area contributed by atoms with Crippen LogP contribution in [0, 0.1) is 0 Å². The normalized spacial score (nSPS) is 9.76. The van der Waals surface area contributed by atoms with E-state index in [9.17, 15) is 9.59 Å². The van der Waals surface area contributed by atoms with Gasteiger partial charge in [0.1, 0.15) is 6.54 Å². The van der Waals surface area contributed by atoms with Crippen molar-refractivity contribution >= 4 is 35.2 Å². The number of aliphatic carboxylic acids is 1. The van der Waals surface area contributed by atoms with E-state index in [0.717, 1.165) is 5.56 Å². The molecule has 0 aliphatic carbocycles. The van der Waals surface area contributed by atoms with Crippen LogP contribution >= 0.6 is 23.2 Å². The summed E-state index contributed by atoms with van der Waals surface area (Å²) < 4.78 is 0. The van der Waals surface area contributed by atoms with Crippen molar-refractivity contribution < 1.29 is 14.7 Å². The minimum absolute atomic E-state index is 0.238. The molecule has 0 aromatic heterocycles. The molecule has 1 aromatic carbocycles. The Balaban J connectivity index is 2.42. The largest absolute Gasteiger partial charge is 0.480 e. The Morgan fingerprint density at radius 3 is 2.47 bits per heavy atom. The summed E-state index contributed by atoms with van der Waals surface area (Å²) in [4.78, 5) is 21.3. The first-order chi connectivity index (χ1) is 7.99. The SMILES string of the molecule is O=C(O)CNC(=O)NCc1ccc(Cl)c(Cl)c1. The lowest BCUT2D eigenvalue weighted by molar-refractivity contribution is -0.135. The Bertz CT molecular complexity index is 438. The van der Waals surface area contributed by atoms with Crippen LogP contribution in [0.3, 0.4) is 0 Å². The highest BCUT2D eigenvalue weighted by molar-refractivity contribution is 6.42. The van der Waals surface area contributed by atoms with Crippen molar-refractivity contribution in [1.82, 2.24) is 10.6 Å². The molecule has 1 rings (SSSR count). The van der Waals surface area contributed by atoms with Gasteiger partial charge in [-0.15, -0.1) is 0 Å². The molecule has 0 fully saturated rings. The highest BCUT2D eigenvalue weighted by atomic mass is 35.5. The molecule has 2 amide bonds. The molecule has 92 valence electrons. The van der Waals surface area contributed by atoms with E-state index in [-0.39, 0.29) is 6.54 Å². The molecule has 0 atom stereocenters. The van der Waals surface area contributed by atoms with Gasteiger partial charge in [-0.3, -0.25) is 4.79 Å². The van der Waals surface area contributed by atoms with Gasteiger partial charge in [0.25, 0.3) is 0 Å². The third kappa shape index (κ3) is 4.93. The molecule has 0 radical (unpaired) electrons. The molecule has 0 unspecified atom stereocenters. The quantitative estimate of drug-likeness (QED) is 0.786. The molecular weight excluding hydrogens is 267 g/mol. The van der Waals surface area contributed by atoms with Crippen molar-refractivity contribution in [3.63, 3.8) is 0 Å². The highest BCUT2D eigenvalue weighted by Crippen LogP contribution is 2.22. The van der Waals surface area contributed by atoms with E-state index in [1.165, 1.54) is 0 Å². The molecule has 3 N–H and O–H groups in total. The van der Waals surface area contributed by atoms with Crippen LogP contribution in [0.5, 0.6) is 0 Å². The average Bonchev–Trinajstić information content (AvgIpc) is 2.28. The molecule has 0 saturated carbocycles. The van der Waals surface area contributed by atoms with Gasteiger partial charge >= 0.3 is 12.0 Å². The zero-order chi connectivity index (χ0) is 12.8. The number of urea groups is 1. The maximum absolute atomic E-state index is 11.1. The van der Waals surface area contributed by atoms with Crippen molar-refractivity contribution in [2.75, 3.05) is 6.54 Å². The Hall–Kier alpha value is -1.46. The van der Waals surface area contributed by atoms with Crippen LogP contribution < -0.4 is 10.6 Å². The van der Waals surface area contributed by atoms with E-state index >= 15 is 0 Å². The number of nitrogens with one attached hydrogen (secondary N) is 2. The number of carboxylic acids is 1. The fourth-order valence-corrected chi connectivity index (χ4v) is 1.37. The Kier molecular flexibility index (Phi) is 5.06. The highest BCUT2D eigenvalue weighted by Gasteiger charge is 2.04. The van der Waals surface area contributed by atoms with Crippen molar-refractivity contribution in [2.24, 2.45) is 0 Å². The van der Waals surface area contributed by atoms with Crippen LogP contribution in [0.1, 0.15) is 5.56 Å². The second kappa shape index (κ2) is 6.32. The zero-order valence-corrected chi connectivity index (χ0v) is 10.2. The minimum atomic E-state index is -1.10. The Labute approximate surface area is 108 Å². The van der Waals surface area contributed by atoms with Crippen LogP contribution in [-0.4, -0.2) is 23.7 Å².